The van der Waals surface area contributed by atoms with Gasteiger partial charge in [-0.1, -0.05) is 193 Å². The smallest absolute Gasteiger partial charge is 0.224 e. The van der Waals surface area contributed by atoms with Crippen molar-refractivity contribution < 1.29 is 4.74 Å². The van der Waals surface area contributed by atoms with Gasteiger partial charge < -0.3 is 13.9 Å². The van der Waals surface area contributed by atoms with E-state index in [1.807, 2.05) is 35.4 Å². The van der Waals surface area contributed by atoms with Crippen LogP contribution in [-0.2, 0) is 0 Å². The lowest BCUT2D eigenvalue weighted by Gasteiger charge is -2.12. The number of hydrogen-bond donors (Lipinski definition) is 0. The molecule has 2 aromatic rings. The first-order chi connectivity index (χ1) is 26.0. The highest BCUT2D eigenvalue weighted by Gasteiger charge is 2.10. The molecule has 0 aliphatic carbocycles. The number of nitrogens with zero attached hydrogens (tertiary/aromatic N) is 2. The van der Waals surface area contributed by atoms with Gasteiger partial charge in [0, 0.05) is 35.9 Å². The summed E-state index contributed by atoms with van der Waals surface area (Å²) in [6, 6.07) is 3.16. The Morgan fingerprint density at radius 2 is 0.698 bits per heavy atom. The molecule has 5 nitrogen and oxygen atoms in total. The predicted octanol–water partition coefficient (Wildman–Crippen LogP) is 15.1. The third kappa shape index (κ3) is 22.9. The molecule has 0 aliphatic rings. The van der Waals surface area contributed by atoms with Crippen LogP contribution in [0.1, 0.15) is 218 Å². The zero-order valence-electron chi connectivity index (χ0n) is 35.0. The number of rotatable bonds is 34. The molecule has 0 saturated heterocycles. The summed E-state index contributed by atoms with van der Waals surface area (Å²) in [6.45, 7) is 8.40. The van der Waals surface area contributed by atoms with Gasteiger partial charge in [0.05, 0.1) is 12.4 Å². The Balaban J connectivity index is 1.67. The Kier molecular flexibility index (Phi) is 27.6. The van der Waals surface area contributed by atoms with Crippen molar-refractivity contribution in [3.05, 3.63) is 68.5 Å². The molecule has 0 fully saturated rings. The Morgan fingerprint density at radius 1 is 0.434 bits per heavy atom. The minimum atomic E-state index is -0.223. The third-order valence-electron chi connectivity index (χ3n) is 10.7. The molecule has 0 bridgehead atoms. The van der Waals surface area contributed by atoms with E-state index in [-0.39, 0.29) is 22.4 Å². The second kappa shape index (κ2) is 31.5. The van der Waals surface area contributed by atoms with E-state index in [1.165, 1.54) is 180 Å². The lowest BCUT2D eigenvalue weighted by Crippen LogP contribution is -2.14. The number of pyridine rings is 2. The van der Waals surface area contributed by atoms with Crippen LogP contribution in [0, 0.1) is 13.8 Å². The molecule has 0 atom stereocenters. The number of allylic oxidation sites excluding steroid dienone is 2. The highest BCUT2D eigenvalue weighted by atomic mass is 16.5. The SMILES string of the molecule is CCCCCCCCCCCCCCCCC=Cn1cc(Oc2cn(C=CCCCCCCCCCCCCCCCC)c(C)cc2=O)c(=O)cc1C. The lowest BCUT2D eigenvalue weighted by molar-refractivity contribution is 0.465. The van der Waals surface area contributed by atoms with Gasteiger partial charge in [0.15, 0.2) is 11.5 Å². The quantitative estimate of drug-likeness (QED) is 0.0673. The van der Waals surface area contributed by atoms with Crippen LogP contribution >= 0.6 is 0 Å². The molecule has 300 valence electrons. The summed E-state index contributed by atoms with van der Waals surface area (Å²) in [5.74, 6) is 0.325. The average molecular weight is 733 g/mol. The van der Waals surface area contributed by atoms with Crippen LogP contribution < -0.4 is 15.6 Å². The van der Waals surface area contributed by atoms with Crippen molar-refractivity contribution in [2.75, 3.05) is 0 Å². The van der Waals surface area contributed by atoms with E-state index in [4.69, 9.17) is 4.74 Å². The standard InChI is InChI=1S/C48H80N2O3/c1-5-7-9-11-13-15-17-19-21-23-25-27-29-31-33-35-37-49-41-47(45(51)39-43(49)3)53-48-42-50(44(4)40-46(48)52)38-36-34-32-30-28-26-24-22-20-18-16-14-12-10-8-6-2/h35-42H,5-34H2,1-4H3. The van der Waals surface area contributed by atoms with Crippen LogP contribution in [0.5, 0.6) is 11.5 Å². The van der Waals surface area contributed by atoms with Crippen LogP contribution in [-0.4, -0.2) is 9.13 Å². The highest BCUT2D eigenvalue weighted by molar-refractivity contribution is 5.37. The molecule has 0 saturated carbocycles. The van der Waals surface area contributed by atoms with Crippen LogP contribution in [0.4, 0.5) is 0 Å². The Hall–Kier alpha value is -2.82. The zero-order chi connectivity index (χ0) is 38.2. The number of aromatic nitrogens is 2. The van der Waals surface area contributed by atoms with Gasteiger partial charge >= 0.3 is 0 Å². The summed E-state index contributed by atoms with van der Waals surface area (Å²) in [5, 5.41) is 0. The van der Waals surface area contributed by atoms with E-state index >= 15 is 0 Å². The Labute approximate surface area is 325 Å². The summed E-state index contributed by atoms with van der Waals surface area (Å²) >= 11 is 0. The maximum Gasteiger partial charge on any atom is 0.224 e. The van der Waals surface area contributed by atoms with Gasteiger partial charge in [0.2, 0.25) is 10.9 Å². The molecular formula is C48H80N2O3. The van der Waals surface area contributed by atoms with Gasteiger partial charge in [0.1, 0.15) is 0 Å². The monoisotopic (exact) mass is 733 g/mol. The van der Waals surface area contributed by atoms with Crippen LogP contribution in [0.15, 0.2) is 46.3 Å². The largest absolute Gasteiger partial charge is 0.446 e. The summed E-state index contributed by atoms with van der Waals surface area (Å²) < 4.78 is 9.80. The first kappa shape index (κ1) is 46.3. The van der Waals surface area contributed by atoms with E-state index in [2.05, 4.69) is 26.0 Å². The topological polar surface area (TPSA) is 53.2 Å². The van der Waals surface area contributed by atoms with Crippen molar-refractivity contribution in [2.24, 2.45) is 0 Å². The van der Waals surface area contributed by atoms with Gasteiger partial charge in [-0.15, -0.1) is 0 Å². The Morgan fingerprint density at radius 3 is 0.981 bits per heavy atom. The third-order valence-corrected chi connectivity index (χ3v) is 10.7. The number of ether oxygens (including phenoxy) is 1. The Bertz CT molecular complexity index is 1260. The number of aryl methyl sites for hydroxylation is 2. The summed E-state index contributed by atoms with van der Waals surface area (Å²) in [7, 11) is 0. The molecule has 0 amide bonds. The maximum absolute atomic E-state index is 12.8. The fourth-order valence-corrected chi connectivity index (χ4v) is 7.14. The molecule has 2 aromatic heterocycles. The molecule has 0 N–H and O–H groups in total. The number of unbranched alkanes of at least 4 members (excludes halogenated alkanes) is 28. The van der Waals surface area contributed by atoms with Crippen molar-refractivity contribution in [3.63, 3.8) is 0 Å². The number of hydrogen-bond acceptors (Lipinski definition) is 3. The van der Waals surface area contributed by atoms with Crippen molar-refractivity contribution >= 4 is 12.4 Å². The van der Waals surface area contributed by atoms with Crippen LogP contribution in [0.2, 0.25) is 0 Å². The molecule has 5 heteroatoms. The van der Waals surface area contributed by atoms with Crippen molar-refractivity contribution in [1.29, 1.82) is 0 Å². The summed E-state index contributed by atoms with van der Waals surface area (Å²) in [6.07, 6.45) is 51.9. The van der Waals surface area contributed by atoms with Crippen molar-refractivity contribution in [2.45, 2.75) is 220 Å². The zero-order valence-corrected chi connectivity index (χ0v) is 35.0. The van der Waals surface area contributed by atoms with Gasteiger partial charge in [-0.2, -0.15) is 0 Å². The van der Waals surface area contributed by atoms with E-state index in [0.717, 1.165) is 24.2 Å². The van der Waals surface area contributed by atoms with Gasteiger partial charge in [-0.25, -0.2) is 0 Å². The summed E-state index contributed by atoms with van der Waals surface area (Å²) in [5.41, 5.74) is 1.23. The van der Waals surface area contributed by atoms with E-state index in [0.29, 0.717) is 0 Å². The van der Waals surface area contributed by atoms with Gasteiger partial charge in [-0.05, 0) is 39.5 Å². The van der Waals surface area contributed by atoms with Crippen LogP contribution in [0.25, 0.3) is 12.4 Å². The maximum atomic E-state index is 12.8. The molecule has 2 heterocycles. The fourth-order valence-electron chi connectivity index (χ4n) is 7.14. The molecule has 0 spiro atoms. The molecule has 0 radical (unpaired) electrons. The minimum Gasteiger partial charge on any atom is -0.446 e. The minimum absolute atomic E-state index is 0.163. The average Bonchev–Trinajstić information content (AvgIpc) is 3.14. The highest BCUT2D eigenvalue weighted by Crippen LogP contribution is 2.18. The predicted molar refractivity (Wildman–Crippen MR) is 231 cm³/mol. The van der Waals surface area contributed by atoms with Gasteiger partial charge in [0.25, 0.3) is 0 Å². The molecule has 0 aromatic carbocycles. The van der Waals surface area contributed by atoms with Crippen molar-refractivity contribution in [3.8, 4) is 11.5 Å². The second-order valence-electron chi connectivity index (χ2n) is 15.7. The first-order valence-electron chi connectivity index (χ1n) is 22.4. The van der Waals surface area contributed by atoms with E-state index in [1.54, 1.807) is 24.5 Å². The summed E-state index contributed by atoms with van der Waals surface area (Å²) in [4.78, 5) is 25.7. The van der Waals surface area contributed by atoms with Crippen LogP contribution in [0.3, 0.4) is 0 Å². The van der Waals surface area contributed by atoms with Crippen molar-refractivity contribution in [1.82, 2.24) is 9.13 Å². The normalized spacial score (nSPS) is 11.8. The first-order valence-corrected chi connectivity index (χ1v) is 22.4. The van der Waals surface area contributed by atoms with Gasteiger partial charge in [-0.3, -0.25) is 9.59 Å². The molecule has 53 heavy (non-hydrogen) atoms. The second-order valence-corrected chi connectivity index (χ2v) is 15.7. The molecular weight excluding hydrogens is 653 g/mol. The molecule has 0 aliphatic heterocycles. The van der Waals surface area contributed by atoms with E-state index < -0.39 is 0 Å². The molecule has 0 unspecified atom stereocenters. The lowest BCUT2D eigenvalue weighted by atomic mass is 10.0. The molecule has 2 rings (SSSR count). The van der Waals surface area contributed by atoms with E-state index in [9.17, 15) is 9.59 Å². The fraction of sp³-hybridized carbons (Fsp3) is 0.708.